The van der Waals surface area contributed by atoms with E-state index in [0.717, 1.165) is 15.6 Å². The van der Waals surface area contributed by atoms with E-state index in [-0.39, 0.29) is 11.4 Å². The second-order valence-electron chi connectivity index (χ2n) is 4.29. The van der Waals surface area contributed by atoms with E-state index in [1.54, 1.807) is 25.1 Å². The van der Waals surface area contributed by atoms with Crippen molar-refractivity contribution in [3.63, 3.8) is 0 Å². The lowest BCUT2D eigenvalue weighted by molar-refractivity contribution is -0.385. The van der Waals surface area contributed by atoms with Crippen LogP contribution in [0, 0.1) is 17.0 Å². The highest BCUT2D eigenvalue weighted by atomic mass is 79.9. The number of nitro benzene ring substituents is 1. The lowest BCUT2D eigenvalue weighted by atomic mass is 10.2. The Balaban J connectivity index is 2.44. The molecule has 0 saturated carbocycles. The normalized spacial score (nSPS) is 10.3. The number of hydrogen-bond acceptors (Lipinski definition) is 4. The molecule has 0 atom stereocenters. The minimum absolute atomic E-state index is 0.0621. The molecule has 0 aliphatic heterocycles. The van der Waals surface area contributed by atoms with Crippen LogP contribution in [0.1, 0.15) is 11.1 Å². The lowest BCUT2D eigenvalue weighted by Crippen LogP contribution is -2.00. The fraction of sp³-hybridized carbons (Fsp3) is 0.143. The van der Waals surface area contributed by atoms with Gasteiger partial charge in [0.1, 0.15) is 5.75 Å². The summed E-state index contributed by atoms with van der Waals surface area (Å²) in [5.41, 5.74) is 7.17. The number of nitrogens with two attached hydrogens (primary N) is 1. The minimum Gasteiger partial charge on any atom is -0.450 e. The highest BCUT2D eigenvalue weighted by Gasteiger charge is 2.17. The molecule has 0 radical (unpaired) electrons. The zero-order chi connectivity index (χ0) is 14.7. The maximum absolute atomic E-state index is 11.1. The quantitative estimate of drug-likeness (QED) is 0.677. The maximum Gasteiger partial charge on any atom is 0.311 e. The Morgan fingerprint density at radius 1 is 1.25 bits per heavy atom. The first-order valence-corrected chi connectivity index (χ1v) is 6.72. The summed E-state index contributed by atoms with van der Waals surface area (Å²) >= 11 is 3.34. The largest absolute Gasteiger partial charge is 0.450 e. The van der Waals surface area contributed by atoms with Crippen LogP contribution in [0.15, 0.2) is 40.9 Å². The third kappa shape index (κ3) is 3.15. The predicted molar refractivity (Wildman–Crippen MR) is 79.9 cm³/mol. The highest BCUT2D eigenvalue weighted by Crippen LogP contribution is 2.34. The average molecular weight is 337 g/mol. The molecule has 0 aliphatic carbocycles. The Morgan fingerprint density at radius 3 is 2.65 bits per heavy atom. The van der Waals surface area contributed by atoms with E-state index >= 15 is 0 Å². The van der Waals surface area contributed by atoms with Crippen molar-refractivity contribution < 1.29 is 9.66 Å². The van der Waals surface area contributed by atoms with Crippen LogP contribution in [0.25, 0.3) is 0 Å². The molecule has 2 aromatic rings. The van der Waals surface area contributed by atoms with Gasteiger partial charge in [-0.25, -0.2) is 0 Å². The fourth-order valence-electron chi connectivity index (χ4n) is 1.77. The molecule has 0 spiro atoms. The Bertz CT molecular complexity index is 659. The zero-order valence-corrected chi connectivity index (χ0v) is 12.4. The summed E-state index contributed by atoms with van der Waals surface area (Å²) in [6.07, 6.45) is 0. The molecule has 6 heteroatoms. The molecule has 20 heavy (non-hydrogen) atoms. The van der Waals surface area contributed by atoms with Crippen molar-refractivity contribution in [3.05, 3.63) is 62.1 Å². The van der Waals surface area contributed by atoms with Crippen LogP contribution < -0.4 is 10.5 Å². The smallest absolute Gasteiger partial charge is 0.311 e. The summed E-state index contributed by atoms with van der Waals surface area (Å²) in [5.74, 6) is 0.710. The van der Waals surface area contributed by atoms with Crippen molar-refractivity contribution in [2.75, 3.05) is 0 Å². The number of ether oxygens (including phenoxy) is 1. The Hall–Kier alpha value is -1.92. The molecule has 2 rings (SSSR count). The van der Waals surface area contributed by atoms with Crippen molar-refractivity contribution >= 4 is 21.6 Å². The molecule has 0 saturated heterocycles. The topological polar surface area (TPSA) is 78.4 Å². The molecule has 0 fully saturated rings. The van der Waals surface area contributed by atoms with Gasteiger partial charge in [-0.2, -0.15) is 0 Å². The minimum atomic E-state index is -0.456. The molecule has 0 heterocycles. The summed E-state index contributed by atoms with van der Waals surface area (Å²) in [4.78, 5) is 10.6. The molecular formula is C14H13BrN2O3. The van der Waals surface area contributed by atoms with E-state index in [0.29, 0.717) is 12.3 Å². The van der Waals surface area contributed by atoms with Gasteiger partial charge < -0.3 is 10.5 Å². The van der Waals surface area contributed by atoms with Gasteiger partial charge in [0, 0.05) is 22.6 Å². The van der Waals surface area contributed by atoms with Crippen molar-refractivity contribution in [2.45, 2.75) is 13.5 Å². The molecule has 0 amide bonds. The molecule has 2 aromatic carbocycles. The van der Waals surface area contributed by atoms with Gasteiger partial charge in [0.05, 0.1) is 4.92 Å². The summed E-state index contributed by atoms with van der Waals surface area (Å²) in [5, 5.41) is 11.1. The SMILES string of the molecule is Cc1ccc(Oc2cc(Br)ccc2CN)c([N+](=O)[O-])c1. The summed E-state index contributed by atoms with van der Waals surface area (Å²) < 4.78 is 6.50. The van der Waals surface area contributed by atoms with Crippen LogP contribution >= 0.6 is 15.9 Å². The number of aryl methyl sites for hydroxylation is 1. The second kappa shape index (κ2) is 6.02. The Morgan fingerprint density at radius 2 is 2.00 bits per heavy atom. The number of rotatable bonds is 4. The van der Waals surface area contributed by atoms with Crippen molar-refractivity contribution in [3.8, 4) is 11.5 Å². The number of benzene rings is 2. The molecule has 2 N–H and O–H groups in total. The first kappa shape index (κ1) is 14.5. The van der Waals surface area contributed by atoms with Crippen LogP contribution in [0.3, 0.4) is 0 Å². The number of nitro groups is 1. The predicted octanol–water partition coefficient (Wildman–Crippen LogP) is 3.92. The van der Waals surface area contributed by atoms with Crippen molar-refractivity contribution in [1.29, 1.82) is 0 Å². The van der Waals surface area contributed by atoms with Crippen LogP contribution in [0.5, 0.6) is 11.5 Å². The zero-order valence-electron chi connectivity index (χ0n) is 10.8. The van der Waals surface area contributed by atoms with Crippen LogP contribution in [0.2, 0.25) is 0 Å². The number of halogens is 1. The maximum atomic E-state index is 11.1. The summed E-state index contributed by atoms with van der Waals surface area (Å²) in [6, 6.07) is 10.2. The summed E-state index contributed by atoms with van der Waals surface area (Å²) in [6.45, 7) is 2.09. The van der Waals surface area contributed by atoms with E-state index < -0.39 is 4.92 Å². The van der Waals surface area contributed by atoms with Gasteiger partial charge in [-0.3, -0.25) is 10.1 Å². The second-order valence-corrected chi connectivity index (χ2v) is 5.20. The van der Waals surface area contributed by atoms with Gasteiger partial charge in [-0.05, 0) is 30.7 Å². The third-order valence-electron chi connectivity index (χ3n) is 2.78. The average Bonchev–Trinajstić information content (AvgIpc) is 2.41. The summed E-state index contributed by atoms with van der Waals surface area (Å²) in [7, 11) is 0. The van der Waals surface area contributed by atoms with Gasteiger partial charge >= 0.3 is 5.69 Å². The Kier molecular flexibility index (Phi) is 4.36. The van der Waals surface area contributed by atoms with Gasteiger partial charge in [0.25, 0.3) is 0 Å². The first-order valence-electron chi connectivity index (χ1n) is 5.92. The molecule has 0 unspecified atom stereocenters. The fourth-order valence-corrected chi connectivity index (χ4v) is 2.11. The molecule has 5 nitrogen and oxygen atoms in total. The third-order valence-corrected chi connectivity index (χ3v) is 3.27. The van der Waals surface area contributed by atoms with Gasteiger partial charge in [-0.1, -0.05) is 28.1 Å². The van der Waals surface area contributed by atoms with Gasteiger partial charge in [0.2, 0.25) is 5.75 Å². The highest BCUT2D eigenvalue weighted by molar-refractivity contribution is 9.10. The van der Waals surface area contributed by atoms with Crippen molar-refractivity contribution in [2.24, 2.45) is 5.73 Å². The molecule has 0 aromatic heterocycles. The lowest BCUT2D eigenvalue weighted by Gasteiger charge is -2.11. The van der Waals surface area contributed by atoms with Crippen LogP contribution in [-0.4, -0.2) is 4.92 Å². The van der Waals surface area contributed by atoms with Gasteiger partial charge in [-0.15, -0.1) is 0 Å². The van der Waals surface area contributed by atoms with E-state index in [9.17, 15) is 10.1 Å². The number of hydrogen-bond donors (Lipinski definition) is 1. The molecule has 0 aliphatic rings. The van der Waals surface area contributed by atoms with E-state index in [1.807, 2.05) is 12.1 Å². The Labute approximate surface area is 124 Å². The molecular weight excluding hydrogens is 324 g/mol. The number of nitrogens with zero attached hydrogens (tertiary/aromatic N) is 1. The van der Waals surface area contributed by atoms with Crippen LogP contribution in [-0.2, 0) is 6.54 Å². The first-order chi connectivity index (χ1) is 9.51. The van der Waals surface area contributed by atoms with Crippen LogP contribution in [0.4, 0.5) is 5.69 Å². The monoisotopic (exact) mass is 336 g/mol. The van der Waals surface area contributed by atoms with E-state index in [4.69, 9.17) is 10.5 Å². The molecule has 104 valence electrons. The molecule has 0 bridgehead atoms. The van der Waals surface area contributed by atoms with E-state index in [1.165, 1.54) is 6.07 Å². The van der Waals surface area contributed by atoms with E-state index in [2.05, 4.69) is 15.9 Å². The van der Waals surface area contributed by atoms with Crippen molar-refractivity contribution in [1.82, 2.24) is 0 Å². The van der Waals surface area contributed by atoms with Gasteiger partial charge in [0.15, 0.2) is 0 Å². The standard InChI is InChI=1S/C14H13BrN2O3/c1-9-2-5-13(12(6-9)17(18)19)20-14-7-11(15)4-3-10(14)8-16/h2-7H,8,16H2,1H3.